The molecule has 2 N–H and O–H groups in total. The van der Waals surface area contributed by atoms with Crippen LogP contribution in [0.1, 0.15) is 61.1 Å². The summed E-state index contributed by atoms with van der Waals surface area (Å²) in [6, 6.07) is 21.2. The third kappa shape index (κ3) is 4.74. The summed E-state index contributed by atoms with van der Waals surface area (Å²) in [7, 11) is 0. The summed E-state index contributed by atoms with van der Waals surface area (Å²) in [6.45, 7) is 7.65. The maximum absolute atomic E-state index is 6.75. The van der Waals surface area contributed by atoms with Crippen LogP contribution in [0.2, 0.25) is 0 Å². The summed E-state index contributed by atoms with van der Waals surface area (Å²) in [5, 5.41) is 0. The Morgan fingerprint density at radius 2 is 1.58 bits per heavy atom. The molecule has 1 saturated heterocycles. The average Bonchev–Trinajstić information content (AvgIpc) is 2.93. The Labute approximate surface area is 215 Å². The Balaban J connectivity index is 1.15. The molecule has 2 bridgehead atoms. The summed E-state index contributed by atoms with van der Waals surface area (Å²) in [5.74, 6) is 2.88. The van der Waals surface area contributed by atoms with Crippen LogP contribution in [0.3, 0.4) is 0 Å². The summed E-state index contributed by atoms with van der Waals surface area (Å²) < 4.78 is 6.75. The fourth-order valence-electron chi connectivity index (χ4n) is 6.62. The number of nitrogens with zero attached hydrogens (tertiary/aromatic N) is 3. The van der Waals surface area contributed by atoms with E-state index >= 15 is 0 Å². The van der Waals surface area contributed by atoms with Gasteiger partial charge in [-0.15, -0.1) is 0 Å². The van der Waals surface area contributed by atoms with Crippen molar-refractivity contribution in [1.82, 2.24) is 14.8 Å². The van der Waals surface area contributed by atoms with Gasteiger partial charge in [0.15, 0.2) is 0 Å². The van der Waals surface area contributed by atoms with E-state index in [9.17, 15) is 0 Å². The average molecular weight is 483 g/mol. The Morgan fingerprint density at radius 1 is 0.861 bits per heavy atom. The molecule has 1 aliphatic heterocycles. The first kappa shape index (κ1) is 23.5. The number of piperazine rings is 1. The number of nitrogen functional groups attached to an aromatic ring is 1. The van der Waals surface area contributed by atoms with E-state index in [-0.39, 0.29) is 6.23 Å². The zero-order chi connectivity index (χ0) is 24.5. The Kier molecular flexibility index (Phi) is 6.68. The molecule has 1 aromatic heterocycles. The number of fused-ring (bicyclic) bond motifs is 2. The zero-order valence-corrected chi connectivity index (χ0v) is 21.4. The summed E-state index contributed by atoms with van der Waals surface area (Å²) >= 11 is 0. The molecule has 4 aliphatic rings. The SMILES string of the molecule is CC(Oc1ccc(-c2cccc(N)n2)c2c1C1CCC2CC1)N1CCN(CCc2ccccc2)CC1. The first-order chi connectivity index (χ1) is 17.7. The number of hydrogen-bond acceptors (Lipinski definition) is 5. The van der Waals surface area contributed by atoms with Gasteiger partial charge in [-0.05, 0) is 86.3 Å². The fourth-order valence-corrected chi connectivity index (χ4v) is 6.62. The highest BCUT2D eigenvalue weighted by molar-refractivity contribution is 5.71. The van der Waals surface area contributed by atoms with Crippen LogP contribution in [0.4, 0.5) is 5.82 Å². The molecule has 1 unspecified atom stereocenters. The standard InChI is InChI=1S/C31H38N4O/c1-22(35-20-18-34(19-21-35)17-16-23-6-3-2-4-7-23)36-28-15-14-26(27-8-5-9-29(32)33-27)30-24-10-12-25(13-11-24)31(28)30/h2-9,14-15,22,24-25H,10-13,16-21H2,1H3,(H2,32,33). The van der Waals surface area contributed by atoms with E-state index in [0.717, 1.165) is 50.6 Å². The Hall–Kier alpha value is -2.89. The van der Waals surface area contributed by atoms with Gasteiger partial charge in [0.25, 0.3) is 0 Å². The van der Waals surface area contributed by atoms with E-state index in [2.05, 4.69) is 70.2 Å². The quantitative estimate of drug-likeness (QED) is 0.470. The molecule has 1 saturated carbocycles. The van der Waals surface area contributed by atoms with E-state index in [1.807, 2.05) is 12.1 Å². The van der Waals surface area contributed by atoms with Gasteiger partial charge in [0, 0.05) is 43.9 Å². The van der Waals surface area contributed by atoms with E-state index in [0.29, 0.717) is 17.7 Å². The van der Waals surface area contributed by atoms with Crippen molar-refractivity contribution in [2.45, 2.75) is 57.1 Å². The lowest BCUT2D eigenvalue weighted by molar-refractivity contribution is 0.00294. The van der Waals surface area contributed by atoms with Gasteiger partial charge in [-0.3, -0.25) is 4.90 Å². The topological polar surface area (TPSA) is 54.6 Å². The molecule has 3 aliphatic carbocycles. The predicted molar refractivity (Wildman–Crippen MR) is 146 cm³/mol. The van der Waals surface area contributed by atoms with Crippen molar-refractivity contribution in [2.75, 3.05) is 38.5 Å². The zero-order valence-electron chi connectivity index (χ0n) is 21.4. The second-order valence-electron chi connectivity index (χ2n) is 10.8. The first-order valence-corrected chi connectivity index (χ1v) is 13.7. The molecule has 1 atom stereocenters. The molecule has 2 fully saturated rings. The number of benzene rings is 2. The number of pyridine rings is 1. The highest BCUT2D eigenvalue weighted by Crippen LogP contribution is 2.55. The van der Waals surface area contributed by atoms with Gasteiger partial charge in [-0.2, -0.15) is 0 Å². The van der Waals surface area contributed by atoms with Gasteiger partial charge in [0.2, 0.25) is 0 Å². The normalized spacial score (nSPS) is 22.8. The second kappa shape index (κ2) is 10.2. The van der Waals surface area contributed by atoms with Gasteiger partial charge in [-0.25, -0.2) is 4.98 Å². The minimum Gasteiger partial charge on any atom is -0.475 e. The van der Waals surface area contributed by atoms with Crippen LogP contribution in [0.15, 0.2) is 60.7 Å². The van der Waals surface area contributed by atoms with Crippen molar-refractivity contribution in [1.29, 1.82) is 0 Å². The van der Waals surface area contributed by atoms with Gasteiger partial charge in [0.05, 0.1) is 5.69 Å². The smallest absolute Gasteiger partial charge is 0.149 e. The molecular weight excluding hydrogens is 444 g/mol. The first-order valence-electron chi connectivity index (χ1n) is 13.7. The van der Waals surface area contributed by atoms with Crippen LogP contribution < -0.4 is 10.5 Å². The van der Waals surface area contributed by atoms with Crippen molar-refractivity contribution in [3.05, 3.63) is 77.4 Å². The van der Waals surface area contributed by atoms with Crippen molar-refractivity contribution in [3.63, 3.8) is 0 Å². The van der Waals surface area contributed by atoms with Crippen molar-refractivity contribution in [2.24, 2.45) is 0 Å². The van der Waals surface area contributed by atoms with Crippen LogP contribution in [0.5, 0.6) is 5.75 Å². The van der Waals surface area contributed by atoms with E-state index < -0.39 is 0 Å². The number of ether oxygens (including phenoxy) is 1. The van der Waals surface area contributed by atoms with Gasteiger partial charge in [0.1, 0.15) is 17.8 Å². The summed E-state index contributed by atoms with van der Waals surface area (Å²) in [6.07, 6.45) is 6.29. The maximum Gasteiger partial charge on any atom is 0.149 e. The number of nitrogens with two attached hydrogens (primary N) is 1. The van der Waals surface area contributed by atoms with Gasteiger partial charge in [-0.1, -0.05) is 36.4 Å². The lowest BCUT2D eigenvalue weighted by Gasteiger charge is -2.42. The fraction of sp³-hybridized carbons (Fsp3) is 0.452. The van der Waals surface area contributed by atoms with E-state index in [1.54, 1.807) is 0 Å². The van der Waals surface area contributed by atoms with Crippen LogP contribution in [0, 0.1) is 0 Å². The molecule has 0 amide bonds. The second-order valence-corrected chi connectivity index (χ2v) is 10.8. The van der Waals surface area contributed by atoms with Crippen LogP contribution >= 0.6 is 0 Å². The van der Waals surface area contributed by atoms with Crippen LogP contribution in [0.25, 0.3) is 11.3 Å². The van der Waals surface area contributed by atoms with Gasteiger partial charge < -0.3 is 15.4 Å². The van der Waals surface area contributed by atoms with Gasteiger partial charge >= 0.3 is 0 Å². The largest absolute Gasteiger partial charge is 0.475 e. The number of rotatable bonds is 7. The highest BCUT2D eigenvalue weighted by atomic mass is 16.5. The van der Waals surface area contributed by atoms with Crippen molar-refractivity contribution in [3.8, 4) is 17.0 Å². The summed E-state index contributed by atoms with van der Waals surface area (Å²) in [4.78, 5) is 9.75. The molecule has 5 heteroatoms. The molecule has 7 rings (SSSR count). The summed E-state index contributed by atoms with van der Waals surface area (Å²) in [5.41, 5.74) is 12.6. The maximum atomic E-state index is 6.75. The molecule has 2 aromatic carbocycles. The van der Waals surface area contributed by atoms with Crippen molar-refractivity contribution >= 4 is 5.82 Å². The lowest BCUT2D eigenvalue weighted by Crippen LogP contribution is -2.51. The third-order valence-electron chi connectivity index (χ3n) is 8.62. The molecule has 36 heavy (non-hydrogen) atoms. The molecule has 0 radical (unpaired) electrons. The Morgan fingerprint density at radius 3 is 2.31 bits per heavy atom. The molecule has 2 heterocycles. The third-order valence-corrected chi connectivity index (χ3v) is 8.62. The molecule has 188 valence electrons. The van der Waals surface area contributed by atoms with Crippen LogP contribution in [-0.4, -0.2) is 53.7 Å². The molecule has 0 spiro atoms. The van der Waals surface area contributed by atoms with E-state index in [1.165, 1.54) is 47.9 Å². The molecule has 3 aromatic rings. The van der Waals surface area contributed by atoms with Crippen LogP contribution in [-0.2, 0) is 6.42 Å². The Bertz CT molecular complexity index is 1180. The number of aromatic nitrogens is 1. The highest BCUT2D eigenvalue weighted by Gasteiger charge is 2.38. The van der Waals surface area contributed by atoms with Crippen molar-refractivity contribution < 1.29 is 4.74 Å². The minimum atomic E-state index is 0.0715. The predicted octanol–water partition coefficient (Wildman–Crippen LogP) is 5.67. The molecule has 5 nitrogen and oxygen atoms in total. The lowest BCUT2D eigenvalue weighted by atomic mass is 9.65. The monoisotopic (exact) mass is 482 g/mol. The number of anilines is 1. The molecular formula is C31H38N4O. The number of hydrogen-bond donors (Lipinski definition) is 1. The van der Waals surface area contributed by atoms with E-state index in [4.69, 9.17) is 10.5 Å². The minimum absolute atomic E-state index is 0.0715.